The number of nitrogens with two attached hydrogens (primary N) is 1. The second kappa shape index (κ2) is 4.04. The van der Waals surface area contributed by atoms with Crippen molar-refractivity contribution in [1.82, 2.24) is 9.80 Å². The van der Waals surface area contributed by atoms with E-state index in [0.717, 1.165) is 12.5 Å². The fourth-order valence-electron chi connectivity index (χ4n) is 3.24. The molecule has 2 rings (SSSR count). The maximum atomic E-state index is 5.96. The van der Waals surface area contributed by atoms with Gasteiger partial charge in [-0.1, -0.05) is 6.92 Å². The van der Waals surface area contributed by atoms with Gasteiger partial charge in [-0.15, -0.1) is 0 Å². The SMILES string of the molecule is CC1CN(C2(CN)CCC2)CC1N(C)C. The van der Waals surface area contributed by atoms with Gasteiger partial charge in [-0.05, 0) is 39.3 Å². The van der Waals surface area contributed by atoms with Crippen LogP contribution in [0.15, 0.2) is 0 Å². The molecule has 1 saturated heterocycles. The summed E-state index contributed by atoms with van der Waals surface area (Å²) in [6.07, 6.45) is 4.00. The van der Waals surface area contributed by atoms with Gasteiger partial charge in [-0.2, -0.15) is 0 Å². The molecule has 3 nitrogen and oxygen atoms in total. The highest BCUT2D eigenvalue weighted by molar-refractivity contribution is 5.03. The average Bonchev–Trinajstić information content (AvgIpc) is 2.47. The summed E-state index contributed by atoms with van der Waals surface area (Å²) in [5.41, 5.74) is 6.33. The minimum atomic E-state index is 0.374. The molecule has 15 heavy (non-hydrogen) atoms. The van der Waals surface area contributed by atoms with Crippen molar-refractivity contribution in [3.8, 4) is 0 Å². The Bertz CT molecular complexity index is 217. The summed E-state index contributed by atoms with van der Waals surface area (Å²) >= 11 is 0. The quantitative estimate of drug-likeness (QED) is 0.748. The van der Waals surface area contributed by atoms with Gasteiger partial charge in [0.1, 0.15) is 0 Å². The van der Waals surface area contributed by atoms with E-state index in [1.807, 2.05) is 0 Å². The van der Waals surface area contributed by atoms with Crippen molar-refractivity contribution < 1.29 is 0 Å². The van der Waals surface area contributed by atoms with Crippen LogP contribution in [0, 0.1) is 5.92 Å². The molecule has 1 aliphatic carbocycles. The number of hydrogen-bond acceptors (Lipinski definition) is 3. The Labute approximate surface area is 93.6 Å². The van der Waals surface area contributed by atoms with Crippen LogP contribution in [0.3, 0.4) is 0 Å². The normalized spacial score (nSPS) is 35.8. The number of rotatable bonds is 3. The zero-order valence-electron chi connectivity index (χ0n) is 10.4. The Morgan fingerprint density at radius 3 is 2.33 bits per heavy atom. The van der Waals surface area contributed by atoms with E-state index in [1.165, 1.54) is 32.4 Å². The summed E-state index contributed by atoms with van der Waals surface area (Å²) in [4.78, 5) is 5.03. The zero-order chi connectivity index (χ0) is 11.1. The highest BCUT2D eigenvalue weighted by atomic mass is 15.3. The van der Waals surface area contributed by atoms with Crippen molar-refractivity contribution >= 4 is 0 Å². The standard InChI is InChI=1S/C12H25N3/c1-10-7-15(8-11(10)14(2)3)12(9-13)5-4-6-12/h10-11H,4-9,13H2,1-3H3. The maximum Gasteiger partial charge on any atom is 0.0332 e. The summed E-state index contributed by atoms with van der Waals surface area (Å²) in [6.45, 7) is 5.67. The van der Waals surface area contributed by atoms with Crippen molar-refractivity contribution in [3.63, 3.8) is 0 Å². The molecule has 0 aromatic rings. The minimum Gasteiger partial charge on any atom is -0.329 e. The minimum absolute atomic E-state index is 0.374. The van der Waals surface area contributed by atoms with E-state index in [-0.39, 0.29) is 0 Å². The van der Waals surface area contributed by atoms with Gasteiger partial charge in [0.05, 0.1) is 0 Å². The van der Waals surface area contributed by atoms with Gasteiger partial charge in [0, 0.05) is 31.2 Å². The third kappa shape index (κ3) is 1.81. The smallest absolute Gasteiger partial charge is 0.0332 e. The molecule has 1 heterocycles. The van der Waals surface area contributed by atoms with Gasteiger partial charge >= 0.3 is 0 Å². The van der Waals surface area contributed by atoms with Crippen molar-refractivity contribution in [2.75, 3.05) is 33.7 Å². The van der Waals surface area contributed by atoms with Crippen molar-refractivity contribution in [2.45, 2.75) is 37.8 Å². The van der Waals surface area contributed by atoms with E-state index in [0.29, 0.717) is 11.6 Å². The van der Waals surface area contributed by atoms with Crippen LogP contribution in [-0.4, -0.2) is 55.1 Å². The Hall–Kier alpha value is -0.120. The van der Waals surface area contributed by atoms with E-state index in [1.54, 1.807) is 0 Å². The summed E-state index contributed by atoms with van der Waals surface area (Å²) < 4.78 is 0. The van der Waals surface area contributed by atoms with Crippen LogP contribution in [-0.2, 0) is 0 Å². The molecule has 1 saturated carbocycles. The monoisotopic (exact) mass is 211 g/mol. The first-order chi connectivity index (χ1) is 7.09. The van der Waals surface area contributed by atoms with E-state index < -0.39 is 0 Å². The van der Waals surface area contributed by atoms with Gasteiger partial charge in [0.25, 0.3) is 0 Å². The summed E-state index contributed by atoms with van der Waals surface area (Å²) in [5, 5.41) is 0. The third-order valence-corrected chi connectivity index (χ3v) is 4.57. The molecule has 3 heteroatoms. The summed E-state index contributed by atoms with van der Waals surface area (Å²) in [6, 6.07) is 0.717. The Kier molecular flexibility index (Phi) is 3.06. The van der Waals surface area contributed by atoms with Crippen LogP contribution in [0.2, 0.25) is 0 Å². The van der Waals surface area contributed by atoms with Crippen molar-refractivity contribution in [1.29, 1.82) is 0 Å². The molecule has 2 N–H and O–H groups in total. The molecule has 0 spiro atoms. The van der Waals surface area contributed by atoms with Crippen molar-refractivity contribution in [3.05, 3.63) is 0 Å². The lowest BCUT2D eigenvalue weighted by Crippen LogP contribution is -2.58. The molecule has 0 aromatic carbocycles. The zero-order valence-corrected chi connectivity index (χ0v) is 10.4. The molecule has 2 atom stereocenters. The predicted octanol–water partition coefficient (Wildman–Crippen LogP) is 0.750. The molecule has 2 unspecified atom stereocenters. The van der Waals surface area contributed by atoms with E-state index in [2.05, 4.69) is 30.8 Å². The van der Waals surface area contributed by atoms with Gasteiger partial charge in [-0.3, -0.25) is 4.90 Å². The first-order valence-corrected chi connectivity index (χ1v) is 6.20. The molecular weight excluding hydrogens is 186 g/mol. The van der Waals surface area contributed by atoms with E-state index >= 15 is 0 Å². The highest BCUT2D eigenvalue weighted by Gasteiger charge is 2.46. The Balaban J connectivity index is 2.01. The fraction of sp³-hybridized carbons (Fsp3) is 1.00. The lowest BCUT2D eigenvalue weighted by Gasteiger charge is -2.48. The first-order valence-electron chi connectivity index (χ1n) is 6.20. The van der Waals surface area contributed by atoms with E-state index in [4.69, 9.17) is 5.73 Å². The second-order valence-corrected chi connectivity index (χ2v) is 5.70. The summed E-state index contributed by atoms with van der Waals surface area (Å²) in [7, 11) is 4.39. The van der Waals surface area contributed by atoms with Crippen LogP contribution in [0.4, 0.5) is 0 Å². The van der Waals surface area contributed by atoms with Gasteiger partial charge in [0.2, 0.25) is 0 Å². The molecule has 2 fully saturated rings. The van der Waals surface area contributed by atoms with Crippen LogP contribution in [0.1, 0.15) is 26.2 Å². The lowest BCUT2D eigenvalue weighted by molar-refractivity contribution is 0.0380. The van der Waals surface area contributed by atoms with Crippen LogP contribution >= 0.6 is 0 Å². The van der Waals surface area contributed by atoms with E-state index in [9.17, 15) is 0 Å². The fourth-order valence-corrected chi connectivity index (χ4v) is 3.24. The topological polar surface area (TPSA) is 32.5 Å². The van der Waals surface area contributed by atoms with Gasteiger partial charge < -0.3 is 10.6 Å². The van der Waals surface area contributed by atoms with Crippen molar-refractivity contribution in [2.24, 2.45) is 11.7 Å². The van der Waals surface area contributed by atoms with Crippen LogP contribution in [0.25, 0.3) is 0 Å². The van der Waals surface area contributed by atoms with Gasteiger partial charge in [-0.25, -0.2) is 0 Å². The number of likely N-dealkylation sites (N-methyl/N-ethyl adjacent to an activating group) is 1. The largest absolute Gasteiger partial charge is 0.329 e. The summed E-state index contributed by atoms with van der Waals surface area (Å²) in [5.74, 6) is 0.782. The lowest BCUT2D eigenvalue weighted by atomic mass is 9.75. The Morgan fingerprint density at radius 1 is 1.33 bits per heavy atom. The predicted molar refractivity (Wildman–Crippen MR) is 63.8 cm³/mol. The molecular formula is C12H25N3. The maximum absolute atomic E-state index is 5.96. The molecule has 2 aliphatic rings. The van der Waals surface area contributed by atoms with Crippen LogP contribution in [0.5, 0.6) is 0 Å². The third-order valence-electron chi connectivity index (χ3n) is 4.57. The number of hydrogen-bond donors (Lipinski definition) is 1. The number of nitrogens with zero attached hydrogens (tertiary/aromatic N) is 2. The average molecular weight is 211 g/mol. The Morgan fingerprint density at radius 2 is 2.00 bits per heavy atom. The number of likely N-dealkylation sites (tertiary alicyclic amines) is 1. The molecule has 0 aromatic heterocycles. The molecule has 0 amide bonds. The highest BCUT2D eigenvalue weighted by Crippen LogP contribution is 2.40. The molecule has 0 bridgehead atoms. The molecule has 88 valence electrons. The molecule has 1 aliphatic heterocycles. The first kappa shape index (κ1) is 11.4. The van der Waals surface area contributed by atoms with Crippen LogP contribution < -0.4 is 5.73 Å². The molecule has 0 radical (unpaired) electrons. The van der Waals surface area contributed by atoms with Gasteiger partial charge in [0.15, 0.2) is 0 Å². The second-order valence-electron chi connectivity index (χ2n) is 5.70.